The number of ketones is 1. The zero-order chi connectivity index (χ0) is 21.8. The second-order valence-corrected chi connectivity index (χ2v) is 8.27. The topological polar surface area (TPSA) is 70.2 Å². The van der Waals surface area contributed by atoms with E-state index in [1.54, 1.807) is 13.4 Å². The highest BCUT2D eigenvalue weighted by Crippen LogP contribution is 2.28. The maximum Gasteiger partial charge on any atom is 0.192 e. The summed E-state index contributed by atoms with van der Waals surface area (Å²) in [6.07, 6.45) is 1.63. The van der Waals surface area contributed by atoms with Crippen LogP contribution in [-0.2, 0) is 6.54 Å². The molecule has 31 heavy (non-hydrogen) atoms. The van der Waals surface area contributed by atoms with Gasteiger partial charge in [0.25, 0.3) is 0 Å². The predicted octanol–water partition coefficient (Wildman–Crippen LogP) is 5.53. The number of carbonyl (C=O) groups is 1. The lowest BCUT2D eigenvalue weighted by atomic mass is 10.1. The summed E-state index contributed by atoms with van der Waals surface area (Å²) < 4.78 is 12.8. The second-order valence-electron chi connectivity index (χ2n) is 6.89. The lowest BCUT2D eigenvalue weighted by Gasteiger charge is -2.10. The standard InChI is InChI=1S/C23H20ClN3O3S/c1-15-5-10-21(29-2)19(12-15)20(28)14-31-23-26-25-22(16-6-8-17(24)9-7-16)27(23)13-18-4-3-11-30-18/h3-12H,13-14H2,1-2H3. The minimum absolute atomic E-state index is 0.0360. The SMILES string of the molecule is COc1ccc(C)cc1C(=O)CSc1nnc(-c2ccc(Cl)cc2)n1Cc1ccco1. The van der Waals surface area contributed by atoms with E-state index in [1.807, 2.05) is 66.1 Å². The molecule has 0 unspecified atom stereocenters. The molecule has 2 aromatic heterocycles. The summed E-state index contributed by atoms with van der Waals surface area (Å²) in [5.41, 5.74) is 2.44. The normalized spacial score (nSPS) is 10.9. The lowest BCUT2D eigenvalue weighted by molar-refractivity contribution is 0.101. The van der Waals surface area contributed by atoms with Crippen LogP contribution >= 0.6 is 23.4 Å². The fourth-order valence-corrected chi connectivity index (χ4v) is 4.10. The lowest BCUT2D eigenvalue weighted by Crippen LogP contribution is -2.08. The first-order chi connectivity index (χ1) is 15.0. The van der Waals surface area contributed by atoms with Crippen LogP contribution in [0.2, 0.25) is 5.02 Å². The molecule has 0 aliphatic rings. The number of thioether (sulfide) groups is 1. The third-order valence-electron chi connectivity index (χ3n) is 4.70. The van der Waals surface area contributed by atoms with Crippen molar-refractivity contribution in [2.45, 2.75) is 18.6 Å². The summed E-state index contributed by atoms with van der Waals surface area (Å²) in [6.45, 7) is 2.39. The number of rotatable bonds is 8. The average Bonchev–Trinajstić information content (AvgIpc) is 3.43. The summed E-state index contributed by atoms with van der Waals surface area (Å²) in [5.74, 6) is 2.18. The van der Waals surface area contributed by atoms with E-state index >= 15 is 0 Å². The number of carbonyl (C=O) groups excluding carboxylic acids is 1. The summed E-state index contributed by atoms with van der Waals surface area (Å²) in [5, 5.41) is 9.98. The number of hydrogen-bond acceptors (Lipinski definition) is 6. The summed E-state index contributed by atoms with van der Waals surface area (Å²) in [7, 11) is 1.56. The third-order valence-corrected chi connectivity index (χ3v) is 5.92. The smallest absolute Gasteiger partial charge is 0.192 e. The van der Waals surface area contributed by atoms with Crippen molar-refractivity contribution in [1.29, 1.82) is 0 Å². The Morgan fingerprint density at radius 2 is 1.97 bits per heavy atom. The number of hydrogen-bond donors (Lipinski definition) is 0. The molecule has 0 N–H and O–H groups in total. The van der Waals surface area contributed by atoms with Crippen LogP contribution in [-0.4, -0.2) is 33.4 Å². The van der Waals surface area contributed by atoms with Gasteiger partial charge in [-0.25, -0.2) is 0 Å². The first-order valence-electron chi connectivity index (χ1n) is 9.57. The average molecular weight is 454 g/mol. The van der Waals surface area contributed by atoms with Crippen molar-refractivity contribution in [3.63, 3.8) is 0 Å². The molecule has 0 atom stereocenters. The van der Waals surface area contributed by atoms with Crippen molar-refractivity contribution >= 4 is 29.1 Å². The summed E-state index contributed by atoms with van der Waals surface area (Å²) >= 11 is 7.36. The van der Waals surface area contributed by atoms with Crippen LogP contribution in [0.25, 0.3) is 11.4 Å². The van der Waals surface area contributed by atoms with E-state index in [1.165, 1.54) is 11.8 Å². The highest BCUT2D eigenvalue weighted by Gasteiger charge is 2.19. The summed E-state index contributed by atoms with van der Waals surface area (Å²) in [6, 6.07) is 16.7. The Kier molecular flexibility index (Phi) is 6.44. The molecule has 0 saturated carbocycles. The Morgan fingerprint density at radius 3 is 2.68 bits per heavy atom. The van der Waals surface area contributed by atoms with Crippen LogP contribution in [0.5, 0.6) is 5.75 Å². The molecular formula is C23H20ClN3O3S. The van der Waals surface area contributed by atoms with Gasteiger partial charge in [-0.15, -0.1) is 10.2 Å². The predicted molar refractivity (Wildman–Crippen MR) is 121 cm³/mol. The summed E-state index contributed by atoms with van der Waals surface area (Å²) in [4.78, 5) is 12.9. The van der Waals surface area contributed by atoms with Gasteiger partial charge in [0, 0.05) is 10.6 Å². The molecule has 6 nitrogen and oxygen atoms in total. The molecule has 2 heterocycles. The Morgan fingerprint density at radius 1 is 1.16 bits per heavy atom. The molecule has 0 aliphatic heterocycles. The minimum Gasteiger partial charge on any atom is -0.496 e. The molecule has 158 valence electrons. The molecule has 0 aliphatic carbocycles. The van der Waals surface area contributed by atoms with E-state index in [2.05, 4.69) is 10.2 Å². The van der Waals surface area contributed by atoms with Gasteiger partial charge in [0.05, 0.1) is 31.2 Å². The van der Waals surface area contributed by atoms with Crippen molar-refractivity contribution in [2.75, 3.05) is 12.9 Å². The Balaban J connectivity index is 1.61. The molecule has 0 bridgehead atoms. The molecule has 0 fully saturated rings. The quantitative estimate of drug-likeness (QED) is 0.258. The van der Waals surface area contributed by atoms with Crippen molar-refractivity contribution in [3.8, 4) is 17.1 Å². The van der Waals surface area contributed by atoms with E-state index in [-0.39, 0.29) is 11.5 Å². The van der Waals surface area contributed by atoms with Crippen LogP contribution in [0.1, 0.15) is 21.7 Å². The zero-order valence-electron chi connectivity index (χ0n) is 17.0. The van der Waals surface area contributed by atoms with Crippen LogP contribution in [0, 0.1) is 6.92 Å². The van der Waals surface area contributed by atoms with Gasteiger partial charge in [0.15, 0.2) is 16.8 Å². The van der Waals surface area contributed by atoms with Gasteiger partial charge >= 0.3 is 0 Å². The Labute approximate surface area is 189 Å². The van der Waals surface area contributed by atoms with Gasteiger partial charge in [0.1, 0.15) is 11.5 Å². The second kappa shape index (κ2) is 9.41. The molecular weight excluding hydrogens is 434 g/mol. The van der Waals surface area contributed by atoms with Crippen LogP contribution in [0.3, 0.4) is 0 Å². The number of ether oxygens (including phenoxy) is 1. The highest BCUT2D eigenvalue weighted by molar-refractivity contribution is 7.99. The number of aryl methyl sites for hydroxylation is 1. The van der Waals surface area contributed by atoms with Crippen LogP contribution < -0.4 is 4.74 Å². The van der Waals surface area contributed by atoms with Gasteiger partial charge in [-0.3, -0.25) is 9.36 Å². The first kappa shape index (κ1) is 21.2. The van der Waals surface area contributed by atoms with Crippen molar-refractivity contribution < 1.29 is 13.9 Å². The van der Waals surface area contributed by atoms with Crippen LogP contribution in [0.15, 0.2) is 70.4 Å². The maximum atomic E-state index is 12.9. The maximum absolute atomic E-state index is 12.9. The fourth-order valence-electron chi connectivity index (χ4n) is 3.16. The fraction of sp³-hybridized carbons (Fsp3) is 0.174. The Hall–Kier alpha value is -3.03. The molecule has 0 spiro atoms. The van der Waals surface area contributed by atoms with Crippen molar-refractivity contribution in [3.05, 3.63) is 82.8 Å². The number of aromatic nitrogens is 3. The van der Waals surface area contributed by atoms with Gasteiger partial charge in [0.2, 0.25) is 0 Å². The number of furan rings is 1. The van der Waals surface area contributed by atoms with Gasteiger partial charge in [-0.1, -0.05) is 35.0 Å². The van der Waals surface area contributed by atoms with E-state index in [4.69, 9.17) is 20.8 Å². The number of benzene rings is 2. The molecule has 2 aromatic carbocycles. The number of Topliss-reactive ketones (excluding diaryl/α,β-unsaturated/α-hetero) is 1. The number of methoxy groups -OCH3 is 1. The van der Waals surface area contributed by atoms with E-state index in [9.17, 15) is 4.79 Å². The molecule has 0 amide bonds. The number of halogens is 1. The number of nitrogens with zero attached hydrogens (tertiary/aromatic N) is 3. The van der Waals surface area contributed by atoms with E-state index in [0.717, 1.165) is 16.9 Å². The van der Waals surface area contributed by atoms with Crippen molar-refractivity contribution in [2.24, 2.45) is 0 Å². The van der Waals surface area contributed by atoms with E-state index in [0.29, 0.717) is 33.9 Å². The zero-order valence-corrected chi connectivity index (χ0v) is 18.6. The minimum atomic E-state index is -0.0360. The molecule has 8 heteroatoms. The largest absolute Gasteiger partial charge is 0.496 e. The molecule has 0 radical (unpaired) electrons. The molecule has 0 saturated heterocycles. The van der Waals surface area contributed by atoms with Gasteiger partial charge in [-0.2, -0.15) is 0 Å². The van der Waals surface area contributed by atoms with E-state index < -0.39 is 0 Å². The van der Waals surface area contributed by atoms with Crippen molar-refractivity contribution in [1.82, 2.24) is 14.8 Å². The van der Waals surface area contributed by atoms with Crippen LogP contribution in [0.4, 0.5) is 0 Å². The monoisotopic (exact) mass is 453 g/mol. The molecule has 4 rings (SSSR count). The first-order valence-corrected chi connectivity index (χ1v) is 10.9. The highest BCUT2D eigenvalue weighted by atomic mass is 35.5. The van der Waals surface area contributed by atoms with Gasteiger partial charge in [-0.05, 0) is 55.5 Å². The van der Waals surface area contributed by atoms with Gasteiger partial charge < -0.3 is 9.15 Å². The third kappa shape index (κ3) is 4.84. The Bertz CT molecular complexity index is 1190. The molecule has 4 aromatic rings.